The number of ether oxygens (including phenoxy) is 2. The molecular formula is C47H71O9P. The van der Waals surface area contributed by atoms with Crippen LogP contribution in [0.1, 0.15) is 123 Å². The van der Waals surface area contributed by atoms with Crippen LogP contribution in [0.15, 0.2) is 134 Å². The molecule has 0 aromatic rings. The van der Waals surface area contributed by atoms with Gasteiger partial charge < -0.3 is 24.4 Å². The van der Waals surface area contributed by atoms with Crippen LogP contribution in [0.2, 0.25) is 0 Å². The third-order valence-corrected chi connectivity index (χ3v) is 8.25. The Balaban J connectivity index is 4.28. The Bertz CT molecular complexity index is 1390. The standard InChI is InChI=1S/C47H71O9P/c1-3-5-7-9-11-12-13-14-15-16-17-18-19-20-21-25-28-32-36-40-46(49)54-42-45(43-55-57(51,52)53)56-47(50)41-37-33-29-26-23-22-24-27-31-35-39-44(48)38-34-30-10-8-6-4-2/h6,8,11-12,14-15,17-18,20-23,27-35,39,44-45,48H,3-5,7,9-10,13,16,19,24-26,36-38,40-43H2,1-2H3,(H2,51,52,53)/b8-6-,12-11-,15-14-,18-17-,21-20-,23-22-,31-27-,32-28-,33-29-,34-30-,39-35+/t44?,45-/m1/s1. The van der Waals surface area contributed by atoms with Crippen LogP contribution in [-0.2, 0) is 28.2 Å². The van der Waals surface area contributed by atoms with Crippen LogP contribution in [0.4, 0.5) is 0 Å². The van der Waals surface area contributed by atoms with Crippen molar-refractivity contribution in [3.63, 3.8) is 0 Å². The second kappa shape index (κ2) is 40.4. The number of phosphoric ester groups is 1. The maximum Gasteiger partial charge on any atom is 0.469 e. The van der Waals surface area contributed by atoms with E-state index in [0.717, 1.165) is 44.9 Å². The second-order valence-electron chi connectivity index (χ2n) is 13.1. The summed E-state index contributed by atoms with van der Waals surface area (Å²) in [7, 11) is -4.81. The lowest BCUT2D eigenvalue weighted by atomic mass is 10.2. The molecule has 1 unspecified atom stereocenters. The smallest absolute Gasteiger partial charge is 0.462 e. The molecule has 0 saturated carbocycles. The number of phosphoric acid groups is 1. The fourth-order valence-corrected chi connectivity index (χ4v) is 5.06. The number of carbonyl (C=O) groups is 2. The molecule has 0 aliphatic rings. The van der Waals surface area contributed by atoms with Gasteiger partial charge in [-0.15, -0.1) is 0 Å². The average molecular weight is 811 g/mol. The fourth-order valence-electron chi connectivity index (χ4n) is 4.70. The second-order valence-corrected chi connectivity index (χ2v) is 14.3. The summed E-state index contributed by atoms with van der Waals surface area (Å²) >= 11 is 0. The number of aliphatic hydroxyl groups is 1. The van der Waals surface area contributed by atoms with Crippen LogP contribution in [-0.4, -0.2) is 52.3 Å². The van der Waals surface area contributed by atoms with Crippen molar-refractivity contribution in [2.45, 2.75) is 135 Å². The van der Waals surface area contributed by atoms with Gasteiger partial charge in [0.15, 0.2) is 6.10 Å². The number of hydrogen-bond acceptors (Lipinski definition) is 7. The highest BCUT2D eigenvalue weighted by molar-refractivity contribution is 7.46. The molecule has 0 aliphatic carbocycles. The van der Waals surface area contributed by atoms with Gasteiger partial charge >= 0.3 is 19.8 Å². The Labute approximate surface area is 344 Å². The first-order chi connectivity index (χ1) is 27.7. The predicted octanol–water partition coefficient (Wildman–Crippen LogP) is 11.7. The summed E-state index contributed by atoms with van der Waals surface area (Å²) in [5.41, 5.74) is 0. The molecule has 0 aliphatic heterocycles. The van der Waals surface area contributed by atoms with Gasteiger partial charge in [-0.2, -0.15) is 0 Å². The highest BCUT2D eigenvalue weighted by Gasteiger charge is 2.22. The summed E-state index contributed by atoms with van der Waals surface area (Å²) < 4.78 is 26.2. The molecule has 9 nitrogen and oxygen atoms in total. The van der Waals surface area contributed by atoms with E-state index in [9.17, 15) is 19.3 Å². The van der Waals surface area contributed by atoms with Gasteiger partial charge in [-0.3, -0.25) is 14.1 Å². The van der Waals surface area contributed by atoms with Crippen molar-refractivity contribution < 1.29 is 43.0 Å². The summed E-state index contributed by atoms with van der Waals surface area (Å²) in [6, 6.07) is 0. The summed E-state index contributed by atoms with van der Waals surface area (Å²) in [6.07, 6.45) is 56.5. The van der Waals surface area contributed by atoms with Gasteiger partial charge in [0, 0.05) is 12.8 Å². The van der Waals surface area contributed by atoms with Crippen molar-refractivity contribution >= 4 is 19.8 Å². The lowest BCUT2D eigenvalue weighted by molar-refractivity contribution is -0.161. The first-order valence-corrected chi connectivity index (χ1v) is 22.1. The Morgan fingerprint density at radius 1 is 0.561 bits per heavy atom. The molecule has 57 heavy (non-hydrogen) atoms. The quantitative estimate of drug-likeness (QED) is 0.0188. The minimum Gasteiger partial charge on any atom is -0.462 e. The molecule has 0 aromatic heterocycles. The van der Waals surface area contributed by atoms with E-state index >= 15 is 0 Å². The number of hydrogen-bond donors (Lipinski definition) is 3. The monoisotopic (exact) mass is 810 g/mol. The average Bonchev–Trinajstić information content (AvgIpc) is 3.18. The zero-order valence-electron chi connectivity index (χ0n) is 34.5. The molecule has 0 bridgehead atoms. The zero-order chi connectivity index (χ0) is 41.9. The van der Waals surface area contributed by atoms with Crippen LogP contribution in [0, 0.1) is 0 Å². The van der Waals surface area contributed by atoms with Crippen molar-refractivity contribution in [3.05, 3.63) is 134 Å². The Hall–Kier alpha value is -3.85. The van der Waals surface area contributed by atoms with E-state index in [-0.39, 0.29) is 19.4 Å². The van der Waals surface area contributed by atoms with Gasteiger partial charge in [0.1, 0.15) is 6.61 Å². The van der Waals surface area contributed by atoms with Gasteiger partial charge in [-0.25, -0.2) is 4.57 Å². The highest BCUT2D eigenvalue weighted by Crippen LogP contribution is 2.35. The summed E-state index contributed by atoms with van der Waals surface area (Å²) in [4.78, 5) is 42.8. The van der Waals surface area contributed by atoms with E-state index in [4.69, 9.17) is 19.3 Å². The molecule has 10 heteroatoms. The van der Waals surface area contributed by atoms with E-state index in [2.05, 4.69) is 79.1 Å². The number of carbonyl (C=O) groups excluding carboxylic acids is 2. The van der Waals surface area contributed by atoms with E-state index in [1.807, 2.05) is 66.8 Å². The minimum absolute atomic E-state index is 0.0391. The summed E-state index contributed by atoms with van der Waals surface area (Å²) in [5.74, 6) is -1.13. The number of rotatable bonds is 35. The molecular weight excluding hydrogens is 739 g/mol. The molecule has 318 valence electrons. The van der Waals surface area contributed by atoms with Crippen molar-refractivity contribution in [2.24, 2.45) is 0 Å². The first kappa shape index (κ1) is 53.1. The van der Waals surface area contributed by atoms with Crippen LogP contribution in [0.3, 0.4) is 0 Å². The molecule has 0 amide bonds. The van der Waals surface area contributed by atoms with Gasteiger partial charge in [0.05, 0.1) is 12.7 Å². The summed E-state index contributed by atoms with van der Waals surface area (Å²) in [6.45, 7) is 3.32. The Morgan fingerprint density at radius 2 is 1.04 bits per heavy atom. The van der Waals surface area contributed by atoms with Crippen LogP contribution >= 0.6 is 7.82 Å². The largest absolute Gasteiger partial charge is 0.469 e. The van der Waals surface area contributed by atoms with Crippen LogP contribution in [0.5, 0.6) is 0 Å². The molecule has 0 spiro atoms. The SMILES string of the molecule is CC/C=C\C/C=C\CC(O)/C=C/C=C\C/C=C\C/C=C\CCC(=O)O[C@H](COC(=O)CC/C=C\C/C=C\C/C=C\C/C=C\C/C=C\CCCCC)COP(=O)(O)O. The van der Waals surface area contributed by atoms with Crippen LogP contribution < -0.4 is 0 Å². The molecule has 0 rings (SSSR count). The molecule has 0 radical (unpaired) electrons. The maximum atomic E-state index is 12.4. The molecule has 2 atom stereocenters. The third kappa shape index (κ3) is 43.1. The molecule has 0 heterocycles. The predicted molar refractivity (Wildman–Crippen MR) is 235 cm³/mol. The van der Waals surface area contributed by atoms with E-state index in [1.54, 1.807) is 6.08 Å². The topological polar surface area (TPSA) is 140 Å². The third-order valence-electron chi connectivity index (χ3n) is 7.76. The number of unbranched alkanes of at least 4 members (excludes halogenated alkanes) is 3. The van der Waals surface area contributed by atoms with Crippen molar-refractivity contribution in [2.75, 3.05) is 13.2 Å². The molecule has 0 aromatic carbocycles. The number of esters is 2. The van der Waals surface area contributed by atoms with Gasteiger partial charge in [0.25, 0.3) is 0 Å². The minimum atomic E-state index is -4.81. The summed E-state index contributed by atoms with van der Waals surface area (Å²) in [5, 5.41) is 9.97. The molecule has 3 N–H and O–H groups in total. The Morgan fingerprint density at radius 3 is 1.56 bits per heavy atom. The number of allylic oxidation sites excluding steroid dienone is 20. The first-order valence-electron chi connectivity index (χ1n) is 20.6. The number of aliphatic hydroxyl groups excluding tert-OH is 1. The van der Waals surface area contributed by atoms with Gasteiger partial charge in [-0.1, -0.05) is 160 Å². The van der Waals surface area contributed by atoms with E-state index in [1.165, 1.54) is 25.7 Å². The maximum absolute atomic E-state index is 12.4. The van der Waals surface area contributed by atoms with E-state index in [0.29, 0.717) is 25.7 Å². The van der Waals surface area contributed by atoms with Gasteiger partial charge in [-0.05, 0) is 83.5 Å². The van der Waals surface area contributed by atoms with E-state index < -0.39 is 38.6 Å². The Kier molecular flexibility index (Phi) is 37.6. The lowest BCUT2D eigenvalue weighted by Gasteiger charge is -2.18. The lowest BCUT2D eigenvalue weighted by Crippen LogP contribution is -2.29. The van der Waals surface area contributed by atoms with Crippen molar-refractivity contribution in [1.29, 1.82) is 0 Å². The normalized spacial score (nSPS) is 14.4. The highest BCUT2D eigenvalue weighted by atomic mass is 31.2. The van der Waals surface area contributed by atoms with Crippen LogP contribution in [0.25, 0.3) is 0 Å². The van der Waals surface area contributed by atoms with Gasteiger partial charge in [0.2, 0.25) is 0 Å². The van der Waals surface area contributed by atoms with Crippen molar-refractivity contribution in [3.8, 4) is 0 Å². The molecule has 0 saturated heterocycles. The van der Waals surface area contributed by atoms with Crippen molar-refractivity contribution in [1.82, 2.24) is 0 Å². The zero-order valence-corrected chi connectivity index (χ0v) is 35.4. The molecule has 0 fully saturated rings. The fraction of sp³-hybridized carbons (Fsp3) is 0.489.